The summed E-state index contributed by atoms with van der Waals surface area (Å²) in [5, 5.41) is 10.3. The van der Waals surface area contributed by atoms with E-state index in [9.17, 15) is 5.11 Å². The zero-order valence-electron chi connectivity index (χ0n) is 15.5. The van der Waals surface area contributed by atoms with E-state index in [0.717, 1.165) is 33.6 Å². The van der Waals surface area contributed by atoms with Crippen LogP contribution in [0.1, 0.15) is 19.4 Å². The average Bonchev–Trinajstić information content (AvgIpc) is 3.10. The summed E-state index contributed by atoms with van der Waals surface area (Å²) >= 11 is 0. The molecule has 0 radical (unpaired) electrons. The molecular weight excluding hydrogens is 338 g/mol. The fourth-order valence-corrected chi connectivity index (χ4v) is 3.12. The van der Waals surface area contributed by atoms with Gasteiger partial charge in [0.25, 0.3) is 0 Å². The van der Waals surface area contributed by atoms with Gasteiger partial charge in [-0.3, -0.25) is 0 Å². The van der Waals surface area contributed by atoms with Crippen molar-refractivity contribution in [1.29, 1.82) is 0 Å². The smallest absolute Gasteiger partial charge is 0.222 e. The number of imidazole rings is 1. The molecule has 0 unspecified atom stereocenters. The number of aliphatic hydroxyl groups is 1. The second-order valence-corrected chi connectivity index (χ2v) is 7.01. The van der Waals surface area contributed by atoms with Crippen LogP contribution >= 0.6 is 0 Å². The van der Waals surface area contributed by atoms with Crippen LogP contribution in [0.15, 0.2) is 67.1 Å². The standard InChI is InChI=1S/C22H21N3O2/c1-22(2,26)17-7-4-6-15(12-17)16-9-10-20-24-19(14-25(20)13-16)18-8-5-11-23-21(18)27-3/h4-14,26H,1-3H3. The fraction of sp³-hybridized carbons (Fsp3) is 0.182. The number of methoxy groups -OCH3 is 1. The molecule has 5 heteroatoms. The number of pyridine rings is 2. The van der Waals surface area contributed by atoms with Gasteiger partial charge in [0.1, 0.15) is 5.65 Å². The Morgan fingerprint density at radius 2 is 1.85 bits per heavy atom. The van der Waals surface area contributed by atoms with Gasteiger partial charge >= 0.3 is 0 Å². The Hall–Kier alpha value is -3.18. The van der Waals surface area contributed by atoms with Crippen LogP contribution in [0.5, 0.6) is 5.88 Å². The number of benzene rings is 1. The number of ether oxygens (including phenoxy) is 1. The molecule has 4 aromatic rings. The molecule has 27 heavy (non-hydrogen) atoms. The Morgan fingerprint density at radius 3 is 2.63 bits per heavy atom. The summed E-state index contributed by atoms with van der Waals surface area (Å²) in [7, 11) is 1.61. The van der Waals surface area contributed by atoms with E-state index in [1.807, 2.05) is 65.3 Å². The minimum Gasteiger partial charge on any atom is -0.481 e. The molecular formula is C22H21N3O2. The van der Waals surface area contributed by atoms with Crippen molar-refractivity contribution in [1.82, 2.24) is 14.4 Å². The molecule has 0 aliphatic rings. The second kappa shape index (κ2) is 6.52. The molecule has 3 aromatic heterocycles. The molecule has 3 heterocycles. The lowest BCUT2D eigenvalue weighted by molar-refractivity contribution is 0.0786. The van der Waals surface area contributed by atoms with Crippen molar-refractivity contribution < 1.29 is 9.84 Å². The summed E-state index contributed by atoms with van der Waals surface area (Å²) in [6.07, 6.45) is 5.71. The maximum absolute atomic E-state index is 10.3. The molecule has 0 bridgehead atoms. The van der Waals surface area contributed by atoms with Crippen molar-refractivity contribution in [3.63, 3.8) is 0 Å². The van der Waals surface area contributed by atoms with Crippen molar-refractivity contribution in [2.75, 3.05) is 7.11 Å². The molecule has 1 N–H and O–H groups in total. The van der Waals surface area contributed by atoms with Crippen LogP contribution in [0.4, 0.5) is 0 Å². The van der Waals surface area contributed by atoms with Crippen LogP contribution < -0.4 is 4.74 Å². The van der Waals surface area contributed by atoms with Gasteiger partial charge in [0.05, 0.1) is 24.0 Å². The second-order valence-electron chi connectivity index (χ2n) is 7.01. The molecule has 0 aliphatic heterocycles. The Bertz CT molecular complexity index is 1110. The highest BCUT2D eigenvalue weighted by molar-refractivity contribution is 5.70. The SMILES string of the molecule is COc1ncccc1-c1cn2cc(-c3cccc(C(C)(C)O)c3)ccc2n1. The molecule has 0 aliphatic carbocycles. The normalized spacial score (nSPS) is 11.7. The van der Waals surface area contributed by atoms with Crippen LogP contribution in [0.3, 0.4) is 0 Å². The van der Waals surface area contributed by atoms with Gasteiger partial charge in [-0.05, 0) is 60.9 Å². The topological polar surface area (TPSA) is 59.7 Å². The van der Waals surface area contributed by atoms with Gasteiger partial charge in [-0.25, -0.2) is 9.97 Å². The third-order valence-electron chi connectivity index (χ3n) is 4.59. The van der Waals surface area contributed by atoms with E-state index in [1.54, 1.807) is 27.2 Å². The fourth-order valence-electron chi connectivity index (χ4n) is 3.12. The van der Waals surface area contributed by atoms with E-state index < -0.39 is 5.60 Å². The first-order chi connectivity index (χ1) is 13.0. The first-order valence-electron chi connectivity index (χ1n) is 8.77. The summed E-state index contributed by atoms with van der Waals surface area (Å²) in [4.78, 5) is 8.93. The van der Waals surface area contributed by atoms with Crippen LogP contribution in [0, 0.1) is 0 Å². The van der Waals surface area contributed by atoms with Crippen LogP contribution in [0.25, 0.3) is 28.0 Å². The van der Waals surface area contributed by atoms with Crippen molar-refractivity contribution in [3.05, 3.63) is 72.7 Å². The number of rotatable bonds is 4. The zero-order valence-corrected chi connectivity index (χ0v) is 15.5. The molecule has 0 saturated heterocycles. The summed E-state index contributed by atoms with van der Waals surface area (Å²) in [5.74, 6) is 0.555. The van der Waals surface area contributed by atoms with Crippen molar-refractivity contribution >= 4 is 5.65 Å². The van der Waals surface area contributed by atoms with E-state index in [4.69, 9.17) is 4.74 Å². The minimum atomic E-state index is -0.876. The average molecular weight is 359 g/mol. The number of hydrogen-bond acceptors (Lipinski definition) is 4. The van der Waals surface area contributed by atoms with Crippen molar-refractivity contribution in [2.45, 2.75) is 19.4 Å². The number of hydrogen-bond donors (Lipinski definition) is 1. The van der Waals surface area contributed by atoms with Gasteiger partial charge in [-0.2, -0.15) is 0 Å². The summed E-state index contributed by atoms with van der Waals surface area (Å²) in [5.41, 5.74) is 4.61. The van der Waals surface area contributed by atoms with Gasteiger partial charge in [-0.1, -0.05) is 18.2 Å². The van der Waals surface area contributed by atoms with Gasteiger partial charge in [0.15, 0.2) is 0 Å². The van der Waals surface area contributed by atoms with Crippen molar-refractivity contribution in [2.24, 2.45) is 0 Å². The quantitative estimate of drug-likeness (QED) is 0.590. The predicted octanol–water partition coefficient (Wildman–Crippen LogP) is 4.30. The number of aromatic nitrogens is 3. The molecule has 0 amide bonds. The molecule has 0 atom stereocenters. The molecule has 136 valence electrons. The predicted molar refractivity (Wildman–Crippen MR) is 106 cm³/mol. The Labute approximate surface area is 157 Å². The Morgan fingerprint density at radius 1 is 1.00 bits per heavy atom. The van der Waals surface area contributed by atoms with E-state index >= 15 is 0 Å². The third kappa shape index (κ3) is 3.29. The zero-order chi connectivity index (χ0) is 19.0. The highest BCUT2D eigenvalue weighted by atomic mass is 16.5. The number of fused-ring (bicyclic) bond motifs is 1. The van der Waals surface area contributed by atoms with Gasteiger partial charge < -0.3 is 14.2 Å². The minimum absolute atomic E-state index is 0.555. The molecule has 1 aromatic carbocycles. The largest absolute Gasteiger partial charge is 0.481 e. The molecule has 0 saturated carbocycles. The monoisotopic (exact) mass is 359 g/mol. The molecule has 0 spiro atoms. The third-order valence-corrected chi connectivity index (χ3v) is 4.59. The van der Waals surface area contributed by atoms with Crippen LogP contribution in [-0.2, 0) is 5.60 Å². The summed E-state index contributed by atoms with van der Waals surface area (Å²) in [6.45, 7) is 3.58. The van der Waals surface area contributed by atoms with Gasteiger partial charge in [0, 0.05) is 18.6 Å². The van der Waals surface area contributed by atoms with Gasteiger partial charge in [0.2, 0.25) is 5.88 Å². The summed E-state index contributed by atoms with van der Waals surface area (Å²) in [6, 6.07) is 15.8. The maximum atomic E-state index is 10.3. The van der Waals surface area contributed by atoms with E-state index in [2.05, 4.69) is 9.97 Å². The van der Waals surface area contributed by atoms with Crippen LogP contribution in [0.2, 0.25) is 0 Å². The van der Waals surface area contributed by atoms with Crippen LogP contribution in [-0.4, -0.2) is 26.6 Å². The Kier molecular flexibility index (Phi) is 4.16. The van der Waals surface area contributed by atoms with E-state index in [1.165, 1.54) is 0 Å². The molecule has 5 nitrogen and oxygen atoms in total. The highest BCUT2D eigenvalue weighted by Gasteiger charge is 2.16. The maximum Gasteiger partial charge on any atom is 0.222 e. The lowest BCUT2D eigenvalue weighted by Crippen LogP contribution is -2.15. The summed E-state index contributed by atoms with van der Waals surface area (Å²) < 4.78 is 7.34. The number of nitrogens with zero attached hydrogens (tertiary/aromatic N) is 3. The lowest BCUT2D eigenvalue weighted by atomic mass is 9.95. The lowest BCUT2D eigenvalue weighted by Gasteiger charge is -2.18. The highest BCUT2D eigenvalue weighted by Crippen LogP contribution is 2.29. The first-order valence-corrected chi connectivity index (χ1v) is 8.77. The Balaban J connectivity index is 1.78. The first kappa shape index (κ1) is 17.2. The van der Waals surface area contributed by atoms with Gasteiger partial charge in [-0.15, -0.1) is 0 Å². The molecule has 0 fully saturated rings. The van der Waals surface area contributed by atoms with E-state index in [0.29, 0.717) is 5.88 Å². The molecule has 4 rings (SSSR count). The van der Waals surface area contributed by atoms with Crippen molar-refractivity contribution in [3.8, 4) is 28.3 Å². The van der Waals surface area contributed by atoms with E-state index in [-0.39, 0.29) is 0 Å².